The van der Waals surface area contributed by atoms with Crippen LogP contribution in [-0.2, 0) is 21.7 Å². The molecule has 0 amide bonds. The predicted molar refractivity (Wildman–Crippen MR) is 454 cm³/mol. The third-order valence-electron chi connectivity index (χ3n) is 27.9. The number of benzene rings is 11. The molecule has 19 rings (SSSR count). The molecule has 0 saturated heterocycles. The number of nitrogens with zero attached hydrogens (tertiary/aromatic N) is 2. The van der Waals surface area contributed by atoms with Crippen LogP contribution in [0.25, 0.3) is 116 Å². The van der Waals surface area contributed by atoms with Crippen LogP contribution in [0.2, 0.25) is 0 Å². The summed E-state index contributed by atoms with van der Waals surface area (Å²) in [7, 11) is 0. The van der Waals surface area contributed by atoms with E-state index in [0.717, 1.165) is 40.9 Å². The van der Waals surface area contributed by atoms with Crippen LogP contribution in [0.4, 0.5) is 17.1 Å². The van der Waals surface area contributed by atoms with E-state index in [-0.39, 0.29) is 27.1 Å². The van der Waals surface area contributed by atoms with E-state index in [4.69, 9.17) is 8.83 Å². The van der Waals surface area contributed by atoms with E-state index in [1.807, 2.05) is 0 Å². The van der Waals surface area contributed by atoms with Gasteiger partial charge in [-0.2, -0.15) is 0 Å². The molecule has 0 bridgehead atoms. The van der Waals surface area contributed by atoms with Gasteiger partial charge in [-0.05, 0) is 219 Å². The summed E-state index contributed by atoms with van der Waals surface area (Å²) < 4.78 is 17.0. The van der Waals surface area contributed by atoms with E-state index in [9.17, 15) is 0 Å². The van der Waals surface area contributed by atoms with Gasteiger partial charge in [0.2, 0.25) is 0 Å². The van der Waals surface area contributed by atoms with E-state index < -0.39 is 0 Å². The second-order valence-electron chi connectivity index (χ2n) is 34.6. The molecule has 11 aromatic carbocycles. The molecule has 0 saturated carbocycles. The number of fused-ring (bicyclic) bond motifs is 24. The van der Waals surface area contributed by atoms with Gasteiger partial charge in [0, 0.05) is 76.6 Å². The van der Waals surface area contributed by atoms with Crippen LogP contribution < -0.4 is 4.90 Å². The highest BCUT2D eigenvalue weighted by Gasteiger charge is 2.57. The fourth-order valence-corrected chi connectivity index (χ4v) is 22.5. The molecule has 3 aromatic heterocycles. The van der Waals surface area contributed by atoms with Gasteiger partial charge in [-0.3, -0.25) is 0 Å². The molecular weight excluding hydrogens is 1300 g/mol. The Morgan fingerprint density at radius 2 is 0.869 bits per heavy atom. The molecule has 0 spiro atoms. The zero-order valence-corrected chi connectivity index (χ0v) is 64.8. The molecule has 107 heavy (non-hydrogen) atoms. The average molecular weight is 1400 g/mol. The zero-order valence-electron chi connectivity index (χ0n) is 64.8. The van der Waals surface area contributed by atoms with Crippen molar-refractivity contribution in [1.29, 1.82) is 0 Å². The minimum absolute atomic E-state index is 0.168. The molecule has 540 valence electrons. The highest BCUT2D eigenvalue weighted by atomic mass is 16.3. The first-order valence-electron chi connectivity index (χ1n) is 41.8. The van der Waals surface area contributed by atoms with Crippen molar-refractivity contribution in [3.05, 3.63) is 251 Å². The van der Waals surface area contributed by atoms with E-state index in [1.54, 1.807) is 16.7 Å². The zero-order chi connectivity index (χ0) is 72.6. The van der Waals surface area contributed by atoms with Crippen LogP contribution in [-0.4, -0.2) is 4.57 Å². The maximum Gasteiger partial charge on any atom is 0.144 e. The van der Waals surface area contributed by atoms with Crippen molar-refractivity contribution in [3.8, 4) is 50.2 Å². The number of para-hydroxylation sites is 5. The van der Waals surface area contributed by atoms with Crippen molar-refractivity contribution in [2.45, 2.75) is 231 Å². The number of rotatable bonds is 24. The highest BCUT2D eigenvalue weighted by molar-refractivity contribution is 6.22. The number of furan rings is 2. The van der Waals surface area contributed by atoms with Gasteiger partial charge >= 0.3 is 0 Å². The maximum absolute atomic E-state index is 7.74. The second-order valence-corrected chi connectivity index (χ2v) is 34.6. The molecule has 3 heterocycles. The molecule has 2 atom stereocenters. The van der Waals surface area contributed by atoms with Gasteiger partial charge in [0.1, 0.15) is 22.3 Å². The van der Waals surface area contributed by atoms with Crippen LogP contribution in [0.1, 0.15) is 254 Å². The Labute approximate surface area is 634 Å². The summed E-state index contributed by atoms with van der Waals surface area (Å²) in [6, 6.07) is 80.6. The molecular formula is C103H106N2O2. The predicted octanol–water partition coefficient (Wildman–Crippen LogP) is 30.6. The van der Waals surface area contributed by atoms with Gasteiger partial charge in [-0.1, -0.05) is 286 Å². The van der Waals surface area contributed by atoms with Crippen LogP contribution in [0.3, 0.4) is 0 Å². The van der Waals surface area contributed by atoms with Crippen LogP contribution in [0, 0.1) is 5.41 Å². The normalized spacial score (nSPS) is 18.1. The SMILES string of the molecule is CCCCCCCC12CCC(CCCCC)(CCCCC)CCC3(CCCCCCC)c4ccccc4-c4c3c1c(c1oc3ccccc3c41)-c1ccc(N(c3ccc4c(c3)C(C)(C)c3cc5c(cc3-4)C(C)(C)c3ccc4oc6ccccc6c4c3-5)c3cccc4c5ccccc5n(-c5ccccc5)c34)cc12. The lowest BCUT2D eigenvalue weighted by atomic mass is 9.64. The van der Waals surface area contributed by atoms with Gasteiger partial charge in [-0.25, -0.2) is 0 Å². The Balaban J connectivity index is 0.884. The lowest BCUT2D eigenvalue weighted by Crippen LogP contribution is -2.32. The van der Waals surface area contributed by atoms with Crippen LogP contribution >= 0.6 is 0 Å². The summed E-state index contributed by atoms with van der Waals surface area (Å²) in [5.74, 6) is 0. The van der Waals surface area contributed by atoms with Crippen molar-refractivity contribution >= 4 is 82.7 Å². The maximum atomic E-state index is 7.74. The summed E-state index contributed by atoms with van der Waals surface area (Å²) in [6.45, 7) is 19.5. The molecule has 0 N–H and O–H groups in total. The molecule has 5 aliphatic carbocycles. The van der Waals surface area contributed by atoms with Crippen LogP contribution in [0.15, 0.2) is 215 Å². The largest absolute Gasteiger partial charge is 0.456 e. The first-order valence-corrected chi connectivity index (χ1v) is 41.8. The van der Waals surface area contributed by atoms with E-state index >= 15 is 0 Å². The van der Waals surface area contributed by atoms with Gasteiger partial charge in [0.05, 0.1) is 16.7 Å². The monoisotopic (exact) mass is 1400 g/mol. The third-order valence-corrected chi connectivity index (χ3v) is 27.9. The van der Waals surface area contributed by atoms with Gasteiger partial charge in [0.15, 0.2) is 0 Å². The lowest BCUT2D eigenvalue weighted by Gasteiger charge is -2.40. The van der Waals surface area contributed by atoms with Crippen molar-refractivity contribution in [2.24, 2.45) is 5.41 Å². The summed E-state index contributed by atoms with van der Waals surface area (Å²) >= 11 is 0. The first-order chi connectivity index (χ1) is 52.4. The Morgan fingerprint density at radius 1 is 0.346 bits per heavy atom. The average Bonchev–Trinajstić information content (AvgIpc) is 1.50. The number of aromatic nitrogens is 1. The van der Waals surface area contributed by atoms with Crippen molar-refractivity contribution in [3.63, 3.8) is 0 Å². The summed E-state index contributed by atoms with van der Waals surface area (Å²) in [5, 5.41) is 7.52. The lowest BCUT2D eigenvalue weighted by molar-refractivity contribution is 0.154. The highest BCUT2D eigenvalue weighted by Crippen LogP contribution is 2.70. The summed E-state index contributed by atoms with van der Waals surface area (Å²) in [4.78, 5) is 2.73. The minimum atomic E-state index is -0.344. The topological polar surface area (TPSA) is 34.5 Å². The summed E-state index contributed by atoms with van der Waals surface area (Å²) in [6.07, 6.45) is 30.0. The molecule has 5 aliphatic rings. The second kappa shape index (κ2) is 26.5. The van der Waals surface area contributed by atoms with E-state index in [1.165, 1.54) is 274 Å². The Bertz CT molecular complexity index is 5810. The molecule has 0 fully saturated rings. The van der Waals surface area contributed by atoms with Crippen molar-refractivity contribution in [2.75, 3.05) is 4.90 Å². The number of hydrogen-bond acceptors (Lipinski definition) is 3. The summed E-state index contributed by atoms with van der Waals surface area (Å²) in [5.41, 5.74) is 33.3. The quantitative estimate of drug-likeness (QED) is 0.0566. The Kier molecular flexibility index (Phi) is 16.9. The molecule has 4 heteroatoms. The Morgan fingerprint density at radius 3 is 1.58 bits per heavy atom. The Hall–Kier alpha value is -9.38. The molecule has 0 radical (unpaired) electrons. The smallest absolute Gasteiger partial charge is 0.144 e. The van der Waals surface area contributed by atoms with E-state index in [0.29, 0.717) is 0 Å². The molecule has 14 aromatic rings. The standard InChI is InChI=1S/C103H106N2O2/c1-9-13-17-19-34-57-102-61-59-101(55-32-15-11-3,56-33-16-12-4)60-62-103(58-35-20-18-14-10-2)84-64-69(50-52-74(84)94-96(103)95(102)92(73-40-24-28-44-79(73)102)93-76-42-27-31-48-88(76)107-98(93)94)104(86-46-36-43-72-71-39-25-29-45-85(71)105(97(72)86)67-37-22-21-23-38-67)68-49-51-70-77-65-83-78(66-82(77)100(7,8)81(70)63-68)90-80(99(83,5)6)53-54-89-91(90)75-41-26-30-47-87(75)106-89/h21-31,36-54,63-66H,9-20,32-35,55-62H2,1-8H3. The number of hydrogen-bond donors (Lipinski definition) is 0. The fourth-order valence-electron chi connectivity index (χ4n) is 22.5. The van der Waals surface area contributed by atoms with E-state index in [2.05, 4.69) is 271 Å². The van der Waals surface area contributed by atoms with Gasteiger partial charge in [0.25, 0.3) is 0 Å². The third kappa shape index (κ3) is 10.3. The fraction of sp³-hybridized carbons (Fsp3) is 0.359. The first kappa shape index (κ1) is 68.2. The van der Waals surface area contributed by atoms with Crippen molar-refractivity contribution in [1.82, 2.24) is 4.57 Å². The number of anilines is 3. The number of unbranched alkanes of at least 4 members (excludes halogenated alkanes) is 12. The van der Waals surface area contributed by atoms with Crippen LogP contribution in [0.5, 0.6) is 0 Å². The van der Waals surface area contributed by atoms with Gasteiger partial charge in [-0.15, -0.1) is 0 Å². The van der Waals surface area contributed by atoms with Gasteiger partial charge < -0.3 is 18.3 Å². The molecule has 0 aliphatic heterocycles. The molecule has 4 nitrogen and oxygen atoms in total. The van der Waals surface area contributed by atoms with Crippen molar-refractivity contribution < 1.29 is 8.83 Å². The minimum Gasteiger partial charge on any atom is -0.456 e. The molecule has 2 unspecified atom stereocenters.